The van der Waals surface area contributed by atoms with Crippen molar-refractivity contribution in [1.29, 1.82) is 0 Å². The van der Waals surface area contributed by atoms with Gasteiger partial charge in [-0.25, -0.2) is 4.79 Å². The van der Waals surface area contributed by atoms with E-state index in [0.29, 0.717) is 11.5 Å². The lowest BCUT2D eigenvalue weighted by Crippen LogP contribution is -2.01. The Balaban J connectivity index is 2.08. The molecular weight excluding hydrogens is 336 g/mol. The van der Waals surface area contributed by atoms with Gasteiger partial charge < -0.3 is 4.74 Å². The molecule has 0 aliphatic rings. The number of thiophene rings is 1. The van der Waals surface area contributed by atoms with Crippen molar-refractivity contribution in [3.63, 3.8) is 0 Å². The fraction of sp³-hybridized carbons (Fsp3) is 0.200. The first-order valence-corrected chi connectivity index (χ1v) is 8.94. The van der Waals surface area contributed by atoms with Crippen molar-refractivity contribution in [2.45, 2.75) is 20.3 Å². The molecule has 2 nitrogen and oxygen atoms in total. The summed E-state index contributed by atoms with van der Waals surface area (Å²) in [6, 6.07) is 12.0. The van der Waals surface area contributed by atoms with Gasteiger partial charge in [-0.15, -0.1) is 11.3 Å². The monoisotopic (exact) mass is 356 g/mol. The van der Waals surface area contributed by atoms with E-state index in [-0.39, 0.29) is 5.97 Å². The molecule has 124 valence electrons. The van der Waals surface area contributed by atoms with Gasteiger partial charge in [-0.1, -0.05) is 49.1 Å². The Bertz CT molecular complexity index is 784. The van der Waals surface area contributed by atoms with E-state index < -0.39 is 0 Å². The van der Waals surface area contributed by atoms with E-state index >= 15 is 0 Å². The molecule has 0 radical (unpaired) electrons. The molecular formula is C20H20O2S2. The molecule has 0 N–H and O–H groups in total. The van der Waals surface area contributed by atoms with E-state index in [1.54, 1.807) is 13.0 Å². The van der Waals surface area contributed by atoms with Crippen molar-refractivity contribution in [2.75, 3.05) is 6.61 Å². The Kier molecular flexibility index (Phi) is 6.64. The van der Waals surface area contributed by atoms with E-state index in [4.69, 9.17) is 17.0 Å². The van der Waals surface area contributed by atoms with Gasteiger partial charge in [-0.2, -0.15) is 0 Å². The molecule has 1 aromatic carbocycles. The van der Waals surface area contributed by atoms with Crippen molar-refractivity contribution in [3.05, 3.63) is 69.4 Å². The molecule has 2 aromatic rings. The van der Waals surface area contributed by atoms with Crippen LogP contribution in [0, 0.1) is 0 Å². The van der Waals surface area contributed by atoms with E-state index in [0.717, 1.165) is 27.3 Å². The van der Waals surface area contributed by atoms with Gasteiger partial charge in [0.05, 0.1) is 6.61 Å². The Morgan fingerprint density at radius 2 is 2.08 bits per heavy atom. The van der Waals surface area contributed by atoms with Gasteiger partial charge in [0.2, 0.25) is 0 Å². The number of allylic oxidation sites excluding steroid dienone is 1. The fourth-order valence-electron chi connectivity index (χ4n) is 2.08. The molecule has 0 saturated heterocycles. The fourth-order valence-corrected chi connectivity index (χ4v) is 3.05. The molecule has 24 heavy (non-hydrogen) atoms. The lowest BCUT2D eigenvalue weighted by Gasteiger charge is -2.04. The summed E-state index contributed by atoms with van der Waals surface area (Å²) in [4.78, 5) is 14.2. The third-order valence-electron chi connectivity index (χ3n) is 3.34. The lowest BCUT2D eigenvalue weighted by molar-refractivity contribution is 0.0532. The molecule has 0 saturated carbocycles. The Morgan fingerprint density at radius 1 is 1.29 bits per heavy atom. The summed E-state index contributed by atoms with van der Waals surface area (Å²) in [5, 5.41) is 0. The van der Waals surface area contributed by atoms with E-state index in [9.17, 15) is 4.79 Å². The van der Waals surface area contributed by atoms with Crippen LogP contribution in [0.2, 0.25) is 0 Å². The maximum Gasteiger partial charge on any atom is 0.348 e. The molecule has 0 aliphatic carbocycles. The predicted molar refractivity (Wildman–Crippen MR) is 107 cm³/mol. The van der Waals surface area contributed by atoms with Gasteiger partial charge in [0.15, 0.2) is 0 Å². The van der Waals surface area contributed by atoms with Crippen molar-refractivity contribution < 1.29 is 9.53 Å². The highest BCUT2D eigenvalue weighted by Crippen LogP contribution is 2.20. The number of carbonyl (C=O) groups is 1. The topological polar surface area (TPSA) is 26.3 Å². The highest BCUT2D eigenvalue weighted by molar-refractivity contribution is 7.80. The number of rotatable bonds is 7. The number of carbonyl (C=O) groups excluding carboxylic acids is 1. The van der Waals surface area contributed by atoms with Crippen LogP contribution in [0.5, 0.6) is 0 Å². The highest BCUT2D eigenvalue weighted by atomic mass is 32.1. The molecule has 0 unspecified atom stereocenters. The van der Waals surface area contributed by atoms with Crippen molar-refractivity contribution in [3.8, 4) is 0 Å². The van der Waals surface area contributed by atoms with Gasteiger partial charge >= 0.3 is 5.97 Å². The van der Waals surface area contributed by atoms with Gasteiger partial charge in [-0.3, -0.25) is 0 Å². The largest absolute Gasteiger partial charge is 0.462 e. The second kappa shape index (κ2) is 8.71. The minimum atomic E-state index is -0.266. The minimum absolute atomic E-state index is 0.266. The molecule has 0 bridgehead atoms. The summed E-state index contributed by atoms with van der Waals surface area (Å²) < 4.78 is 5.00. The van der Waals surface area contributed by atoms with Crippen molar-refractivity contribution in [1.82, 2.24) is 0 Å². The van der Waals surface area contributed by atoms with E-state index in [1.165, 1.54) is 16.9 Å². The van der Waals surface area contributed by atoms with E-state index in [2.05, 4.69) is 18.7 Å². The summed E-state index contributed by atoms with van der Waals surface area (Å²) in [5.41, 5.74) is 3.21. The zero-order chi connectivity index (χ0) is 17.5. The number of thiocarbonyl (C=S) groups is 1. The zero-order valence-corrected chi connectivity index (χ0v) is 15.5. The normalized spacial score (nSPS) is 10.8. The molecule has 0 spiro atoms. The third-order valence-corrected chi connectivity index (χ3v) is 4.86. The number of ether oxygens (including phenoxy) is 1. The summed E-state index contributed by atoms with van der Waals surface area (Å²) in [6.07, 6.45) is 4.77. The van der Waals surface area contributed by atoms with Crippen LogP contribution in [0.3, 0.4) is 0 Å². The molecule has 1 aromatic heterocycles. The number of benzene rings is 1. The second-order valence-electron chi connectivity index (χ2n) is 5.38. The SMILES string of the molecule is C=C(C)C(=S)Cc1cccc(C=Cc2ccc(C(=O)OCC)s2)c1. The van der Waals surface area contributed by atoms with Crippen LogP contribution >= 0.6 is 23.6 Å². The van der Waals surface area contributed by atoms with Crippen LogP contribution in [0.15, 0.2) is 48.6 Å². The molecule has 0 amide bonds. The second-order valence-corrected chi connectivity index (χ2v) is 6.99. The van der Waals surface area contributed by atoms with Crippen LogP contribution in [-0.2, 0) is 11.2 Å². The van der Waals surface area contributed by atoms with Gasteiger partial charge in [0.25, 0.3) is 0 Å². The van der Waals surface area contributed by atoms with Crippen LogP contribution in [0.1, 0.15) is 39.5 Å². The summed E-state index contributed by atoms with van der Waals surface area (Å²) >= 11 is 6.76. The van der Waals surface area contributed by atoms with Crippen molar-refractivity contribution in [2.24, 2.45) is 0 Å². The van der Waals surface area contributed by atoms with Gasteiger partial charge in [-0.05, 0) is 48.8 Å². The van der Waals surface area contributed by atoms with Gasteiger partial charge in [0, 0.05) is 16.2 Å². The average molecular weight is 357 g/mol. The Morgan fingerprint density at radius 3 is 2.79 bits per heavy atom. The Hall–Kier alpha value is -2.04. The quantitative estimate of drug-likeness (QED) is 0.368. The smallest absolute Gasteiger partial charge is 0.348 e. The first-order chi connectivity index (χ1) is 11.5. The zero-order valence-electron chi connectivity index (χ0n) is 13.9. The van der Waals surface area contributed by atoms with Crippen molar-refractivity contribution >= 4 is 46.5 Å². The summed E-state index contributed by atoms with van der Waals surface area (Å²) in [5.74, 6) is -0.266. The van der Waals surface area contributed by atoms with Crippen LogP contribution < -0.4 is 0 Å². The first-order valence-electron chi connectivity index (χ1n) is 7.72. The molecule has 1 heterocycles. The molecule has 2 rings (SSSR count). The molecule has 0 aliphatic heterocycles. The summed E-state index contributed by atoms with van der Waals surface area (Å²) in [6.45, 7) is 8.02. The maximum atomic E-state index is 11.7. The van der Waals surface area contributed by atoms with Gasteiger partial charge in [0.1, 0.15) is 4.88 Å². The van der Waals surface area contributed by atoms with Crippen LogP contribution in [0.4, 0.5) is 0 Å². The first kappa shape index (κ1) is 18.3. The van der Waals surface area contributed by atoms with E-state index in [1.807, 2.05) is 37.3 Å². The van der Waals surface area contributed by atoms with Crippen LogP contribution in [-0.4, -0.2) is 17.4 Å². The molecule has 0 fully saturated rings. The lowest BCUT2D eigenvalue weighted by atomic mass is 10.0. The Labute approximate surface area is 152 Å². The molecule has 4 heteroatoms. The number of esters is 1. The number of hydrogen-bond donors (Lipinski definition) is 0. The number of hydrogen-bond acceptors (Lipinski definition) is 4. The highest BCUT2D eigenvalue weighted by Gasteiger charge is 2.08. The van der Waals surface area contributed by atoms with Crippen LogP contribution in [0.25, 0.3) is 12.2 Å². The molecule has 0 atom stereocenters. The standard InChI is InChI=1S/C20H20O2S2/c1-4-22-20(21)19-11-10-17(24-19)9-8-15-6-5-7-16(12-15)13-18(23)14(2)3/h5-12H,2,4,13H2,1,3H3. The average Bonchev–Trinajstić information content (AvgIpc) is 3.02. The third kappa shape index (κ3) is 5.25. The minimum Gasteiger partial charge on any atom is -0.462 e. The maximum absolute atomic E-state index is 11.7. The summed E-state index contributed by atoms with van der Waals surface area (Å²) in [7, 11) is 0. The predicted octanol–water partition coefficient (Wildman–Crippen LogP) is 5.58.